The monoisotopic (exact) mass is 514 g/mol. The highest BCUT2D eigenvalue weighted by Crippen LogP contribution is 2.56. The average Bonchev–Trinajstić information content (AvgIpc) is 3.76. The van der Waals surface area contributed by atoms with Crippen LogP contribution in [0.3, 0.4) is 0 Å². The summed E-state index contributed by atoms with van der Waals surface area (Å²) in [7, 11) is 7.36. The first-order chi connectivity index (χ1) is 16.0. The molecule has 0 bridgehead atoms. The van der Waals surface area contributed by atoms with E-state index in [2.05, 4.69) is 69.1 Å². The largest absolute Gasteiger partial charge is 0.396 e. The summed E-state index contributed by atoms with van der Waals surface area (Å²) in [4.78, 5) is 0. The van der Waals surface area contributed by atoms with Crippen molar-refractivity contribution in [2.24, 2.45) is 17.6 Å². The smallest absolute Gasteiger partial charge is 0.211 e. The summed E-state index contributed by atoms with van der Waals surface area (Å²) in [5.41, 5.74) is 9.19. The van der Waals surface area contributed by atoms with Crippen molar-refractivity contribution in [3.63, 3.8) is 0 Å². The molecule has 2 aliphatic carbocycles. The van der Waals surface area contributed by atoms with Crippen LogP contribution in [0, 0.1) is 11.8 Å². The molecule has 33 heavy (non-hydrogen) atoms. The molecule has 0 aromatic heterocycles. The molecule has 5 rings (SSSR count). The molecular weight excluding hydrogens is 475 g/mol. The van der Waals surface area contributed by atoms with Gasteiger partial charge in [0, 0.05) is 51.9 Å². The lowest BCUT2D eigenvalue weighted by molar-refractivity contribution is 0.264. The van der Waals surface area contributed by atoms with E-state index in [4.69, 9.17) is 15.0 Å². The van der Waals surface area contributed by atoms with Crippen molar-refractivity contribution >= 4 is 30.6 Å². The molecule has 1 saturated heterocycles. The maximum Gasteiger partial charge on any atom is 0.211 e. The van der Waals surface area contributed by atoms with Gasteiger partial charge in [-0.2, -0.15) is 0 Å². The van der Waals surface area contributed by atoms with Crippen molar-refractivity contribution in [1.82, 2.24) is 5.32 Å². The number of rotatable bonds is 4. The topological polar surface area (TPSA) is 75.3 Å². The first-order valence-electron chi connectivity index (χ1n) is 11.9. The highest BCUT2D eigenvalue weighted by Gasteiger charge is 2.57. The molecule has 1 aliphatic heterocycles. The van der Waals surface area contributed by atoms with Gasteiger partial charge in [-0.3, -0.25) is 0 Å². The fourth-order valence-electron chi connectivity index (χ4n) is 4.67. The quantitative estimate of drug-likeness (QED) is 0.468. The van der Waals surface area contributed by atoms with Crippen LogP contribution in [-0.2, 0) is 20.1 Å². The number of piperidine rings is 1. The molecule has 3 aliphatic rings. The third-order valence-corrected chi connectivity index (χ3v) is 6.58. The summed E-state index contributed by atoms with van der Waals surface area (Å²) < 4.78 is 9.09. The first-order valence-corrected chi connectivity index (χ1v) is 14.7. The number of nitrogens with two attached hydrogens (primary N) is 1. The van der Waals surface area contributed by atoms with E-state index in [0.29, 0.717) is 17.9 Å². The van der Waals surface area contributed by atoms with Gasteiger partial charge < -0.3 is 16.2 Å². The molecule has 4 nitrogen and oxygen atoms in total. The van der Waals surface area contributed by atoms with Crippen LogP contribution >= 0.6 is 21.4 Å². The van der Waals surface area contributed by atoms with Crippen molar-refractivity contribution < 1.29 is 9.32 Å². The number of hydrogen-bond acceptors (Lipinski definition) is 4. The molecule has 2 saturated carbocycles. The molecule has 0 spiro atoms. The van der Waals surface area contributed by atoms with E-state index in [1.165, 1.54) is 25.1 Å². The average molecular weight is 516 g/mol. The Labute approximate surface area is 211 Å². The maximum atomic E-state index is 9.09. The van der Waals surface area contributed by atoms with Crippen LogP contribution in [0.5, 0.6) is 0 Å². The van der Waals surface area contributed by atoms with Crippen LogP contribution in [0.25, 0.3) is 0 Å². The lowest BCUT2D eigenvalue weighted by atomic mass is 9.93. The molecular formula is C26H40Cl2N2O2S. The number of aliphatic hydroxyl groups excluding tert-OH is 1. The van der Waals surface area contributed by atoms with E-state index >= 15 is 0 Å². The number of aliphatic hydroxyl groups is 1. The molecule has 4 atom stereocenters. The summed E-state index contributed by atoms with van der Waals surface area (Å²) in [6.45, 7) is 11.3. The van der Waals surface area contributed by atoms with Crippen molar-refractivity contribution in [2.45, 2.75) is 51.4 Å². The molecule has 2 aromatic carbocycles. The second-order valence-electron chi connectivity index (χ2n) is 8.05. The number of benzene rings is 2. The third-order valence-electron chi connectivity index (χ3n) is 6.58. The van der Waals surface area contributed by atoms with Gasteiger partial charge in [-0.05, 0) is 42.3 Å². The number of halogens is 2. The van der Waals surface area contributed by atoms with Gasteiger partial charge in [-0.15, -0.1) is 0 Å². The predicted molar refractivity (Wildman–Crippen MR) is 144 cm³/mol. The van der Waals surface area contributed by atoms with Crippen molar-refractivity contribution in [1.29, 1.82) is 0 Å². The summed E-state index contributed by atoms with van der Waals surface area (Å²) in [5, 5.41) is 12.5. The van der Waals surface area contributed by atoms with Gasteiger partial charge in [0.05, 0.1) is 0 Å². The van der Waals surface area contributed by atoms with Gasteiger partial charge in [-0.25, -0.2) is 4.21 Å². The SMILES string of the molecule is CC.CC.NCC1(c2ccccc2)CC1CO.O=S(Cl)Cl.c1ccc(C23CNCC2C3)cc1. The minimum absolute atomic E-state index is 0.0794. The van der Waals surface area contributed by atoms with Crippen LogP contribution in [-0.4, -0.2) is 35.6 Å². The van der Waals surface area contributed by atoms with Crippen LogP contribution < -0.4 is 11.1 Å². The van der Waals surface area contributed by atoms with E-state index in [1.54, 1.807) is 5.56 Å². The second-order valence-corrected chi connectivity index (χ2v) is 10.6. The standard InChI is InChI=1S/C11H15NO.C11H13N.2C2H6.Cl2OS/c12-8-11(6-10(11)7-13)9-4-2-1-3-5-9;1-2-4-9(5-3-1)11-6-10(11)7-12-8-11;2*1-2;1-4(2)3/h1-5,10,13H,6-8,12H2;1-5,10,12H,6-8H2;2*1-2H3;. The number of fused-ring (bicyclic) bond motifs is 1. The Balaban J connectivity index is 0.000000253. The molecule has 3 fully saturated rings. The fraction of sp³-hybridized carbons (Fsp3) is 0.538. The van der Waals surface area contributed by atoms with E-state index in [1.807, 2.05) is 45.9 Å². The molecule has 0 amide bonds. The molecule has 0 radical (unpaired) electrons. The van der Waals surface area contributed by atoms with Gasteiger partial charge in [0.25, 0.3) is 0 Å². The predicted octanol–water partition coefficient (Wildman–Crippen LogP) is 5.54. The molecule has 2 aromatic rings. The zero-order valence-electron chi connectivity index (χ0n) is 20.3. The Hall–Kier alpha value is -0.950. The van der Waals surface area contributed by atoms with Crippen LogP contribution in [0.2, 0.25) is 0 Å². The Morgan fingerprint density at radius 3 is 1.79 bits per heavy atom. The Morgan fingerprint density at radius 2 is 1.45 bits per heavy atom. The van der Waals surface area contributed by atoms with Crippen LogP contribution in [0.4, 0.5) is 0 Å². The number of nitrogens with one attached hydrogen (secondary N) is 1. The van der Waals surface area contributed by atoms with Crippen LogP contribution in [0.15, 0.2) is 60.7 Å². The summed E-state index contributed by atoms with van der Waals surface area (Å²) in [6, 6.07) is 21.2. The lowest BCUT2D eigenvalue weighted by Crippen LogP contribution is -2.23. The fourth-order valence-corrected chi connectivity index (χ4v) is 4.67. The Bertz CT molecular complexity index is 808. The van der Waals surface area contributed by atoms with Crippen LogP contribution in [0.1, 0.15) is 51.7 Å². The van der Waals surface area contributed by atoms with Crippen molar-refractivity contribution in [3.05, 3.63) is 71.8 Å². The van der Waals surface area contributed by atoms with E-state index in [-0.39, 0.29) is 12.0 Å². The number of hydrogen-bond donors (Lipinski definition) is 3. The molecule has 7 heteroatoms. The first kappa shape index (κ1) is 30.1. The Kier molecular flexibility index (Phi) is 13.8. The van der Waals surface area contributed by atoms with E-state index < -0.39 is 9.23 Å². The molecule has 1 heterocycles. The minimum Gasteiger partial charge on any atom is -0.396 e. The van der Waals surface area contributed by atoms with Crippen molar-refractivity contribution in [3.8, 4) is 0 Å². The summed E-state index contributed by atoms with van der Waals surface area (Å²) in [5.74, 6) is 1.31. The molecule has 4 unspecified atom stereocenters. The van der Waals surface area contributed by atoms with Gasteiger partial charge in [0.1, 0.15) is 0 Å². The minimum atomic E-state index is -1.67. The van der Waals surface area contributed by atoms with Gasteiger partial charge in [0.2, 0.25) is 9.23 Å². The van der Waals surface area contributed by atoms with Gasteiger partial charge >= 0.3 is 0 Å². The normalized spacial score (nSPS) is 27.7. The zero-order valence-corrected chi connectivity index (χ0v) is 22.6. The summed E-state index contributed by atoms with van der Waals surface area (Å²) >= 11 is 0. The maximum absolute atomic E-state index is 9.09. The Morgan fingerprint density at radius 1 is 0.970 bits per heavy atom. The van der Waals surface area contributed by atoms with E-state index in [0.717, 1.165) is 12.3 Å². The van der Waals surface area contributed by atoms with Crippen molar-refractivity contribution in [2.75, 3.05) is 26.2 Å². The van der Waals surface area contributed by atoms with E-state index in [9.17, 15) is 0 Å². The molecule has 4 N–H and O–H groups in total. The highest BCUT2D eigenvalue weighted by atomic mass is 36.0. The lowest BCUT2D eigenvalue weighted by Gasteiger charge is -2.14. The van der Waals surface area contributed by atoms with Gasteiger partial charge in [-0.1, -0.05) is 88.4 Å². The third kappa shape index (κ3) is 8.05. The highest BCUT2D eigenvalue weighted by molar-refractivity contribution is 8.26. The molecule has 186 valence electrons. The van der Waals surface area contributed by atoms with Gasteiger partial charge in [0.15, 0.2) is 0 Å². The second kappa shape index (κ2) is 15.1. The summed E-state index contributed by atoms with van der Waals surface area (Å²) in [6.07, 6.45) is 2.44. The zero-order chi connectivity index (χ0) is 24.9.